The van der Waals surface area contributed by atoms with Gasteiger partial charge in [0.15, 0.2) is 0 Å². The van der Waals surface area contributed by atoms with Gasteiger partial charge >= 0.3 is 0 Å². The van der Waals surface area contributed by atoms with E-state index < -0.39 is 0 Å². The first kappa shape index (κ1) is 12.1. The summed E-state index contributed by atoms with van der Waals surface area (Å²) in [4.78, 5) is 1.55. The number of halogens is 2. The Labute approximate surface area is 116 Å². The lowest BCUT2D eigenvalue weighted by Gasteiger charge is -2.10. The fourth-order valence-corrected chi connectivity index (χ4v) is 3.49. The monoisotopic (exact) mass is 360 g/mol. The topological polar surface area (TPSA) is 9.23 Å². The van der Waals surface area contributed by atoms with E-state index in [0.717, 1.165) is 10.2 Å². The summed E-state index contributed by atoms with van der Waals surface area (Å²) in [5.41, 5.74) is 1.22. The summed E-state index contributed by atoms with van der Waals surface area (Å²) in [5, 5.41) is 2.09. The molecular formula is C12H10Br2OS. The van der Waals surface area contributed by atoms with Gasteiger partial charge in [-0.3, -0.25) is 0 Å². The van der Waals surface area contributed by atoms with Crippen LogP contribution in [0.15, 0.2) is 40.2 Å². The predicted molar refractivity (Wildman–Crippen MR) is 75.8 cm³/mol. The number of rotatable bonds is 3. The van der Waals surface area contributed by atoms with Crippen molar-refractivity contribution in [3.8, 4) is 5.75 Å². The van der Waals surface area contributed by atoms with Crippen LogP contribution in [0.25, 0.3) is 0 Å². The number of methoxy groups -OCH3 is 1. The standard InChI is InChI=1S/C12H10Br2OS/c1-15-10-5-4-8(7-9(10)13)12(14)11-3-2-6-16-11/h2-7,12H,1H3. The number of hydrogen-bond donors (Lipinski definition) is 0. The molecule has 0 aliphatic rings. The van der Waals surface area contributed by atoms with Gasteiger partial charge in [0.25, 0.3) is 0 Å². The van der Waals surface area contributed by atoms with Gasteiger partial charge < -0.3 is 4.74 Å². The van der Waals surface area contributed by atoms with Gasteiger partial charge in [-0.2, -0.15) is 0 Å². The Morgan fingerprint density at radius 3 is 2.69 bits per heavy atom. The Morgan fingerprint density at radius 2 is 2.12 bits per heavy atom. The summed E-state index contributed by atoms with van der Waals surface area (Å²) in [6.45, 7) is 0. The maximum Gasteiger partial charge on any atom is 0.133 e. The molecule has 1 heterocycles. The Hall–Kier alpha value is -0.320. The fourth-order valence-electron chi connectivity index (χ4n) is 1.44. The van der Waals surface area contributed by atoms with E-state index >= 15 is 0 Å². The summed E-state index contributed by atoms with van der Waals surface area (Å²) in [6.07, 6.45) is 0. The van der Waals surface area contributed by atoms with Crippen molar-refractivity contribution in [2.45, 2.75) is 4.83 Å². The van der Waals surface area contributed by atoms with Gasteiger partial charge in [-0.25, -0.2) is 0 Å². The molecule has 1 aromatic carbocycles. The van der Waals surface area contributed by atoms with E-state index in [2.05, 4.69) is 61.5 Å². The van der Waals surface area contributed by atoms with Gasteiger partial charge in [-0.15, -0.1) is 11.3 Å². The highest BCUT2D eigenvalue weighted by atomic mass is 79.9. The second-order valence-corrected chi connectivity index (χ2v) is 6.02. The first-order valence-electron chi connectivity index (χ1n) is 4.73. The third-order valence-electron chi connectivity index (χ3n) is 2.26. The van der Waals surface area contributed by atoms with Crippen molar-refractivity contribution in [3.63, 3.8) is 0 Å². The molecule has 0 saturated heterocycles. The minimum Gasteiger partial charge on any atom is -0.496 e. The highest BCUT2D eigenvalue weighted by Crippen LogP contribution is 2.36. The number of alkyl halides is 1. The van der Waals surface area contributed by atoms with E-state index in [9.17, 15) is 0 Å². The van der Waals surface area contributed by atoms with E-state index in [-0.39, 0.29) is 4.83 Å². The van der Waals surface area contributed by atoms with Crippen molar-refractivity contribution in [3.05, 3.63) is 50.6 Å². The Balaban J connectivity index is 2.31. The molecule has 1 unspecified atom stereocenters. The zero-order valence-electron chi connectivity index (χ0n) is 8.61. The van der Waals surface area contributed by atoms with Crippen LogP contribution in [0.2, 0.25) is 0 Å². The van der Waals surface area contributed by atoms with Crippen LogP contribution in [-0.4, -0.2) is 7.11 Å². The SMILES string of the molecule is COc1ccc(C(Br)c2cccs2)cc1Br. The maximum absolute atomic E-state index is 5.21. The quantitative estimate of drug-likeness (QED) is 0.698. The molecule has 0 N–H and O–H groups in total. The Bertz CT molecular complexity index is 468. The van der Waals surface area contributed by atoms with Gasteiger partial charge in [0.05, 0.1) is 16.4 Å². The molecule has 4 heteroatoms. The van der Waals surface area contributed by atoms with Crippen LogP contribution in [0.5, 0.6) is 5.75 Å². The molecule has 0 radical (unpaired) electrons. The molecule has 0 aliphatic heterocycles. The van der Waals surface area contributed by atoms with Crippen molar-refractivity contribution < 1.29 is 4.74 Å². The molecule has 0 amide bonds. The molecular weight excluding hydrogens is 352 g/mol. The molecule has 2 rings (SSSR count). The van der Waals surface area contributed by atoms with E-state index in [4.69, 9.17) is 4.74 Å². The minimum absolute atomic E-state index is 0.245. The van der Waals surface area contributed by atoms with Crippen LogP contribution in [0, 0.1) is 0 Å². The van der Waals surface area contributed by atoms with Crippen LogP contribution in [-0.2, 0) is 0 Å². The van der Waals surface area contributed by atoms with Crippen LogP contribution in [0.1, 0.15) is 15.3 Å². The lowest BCUT2D eigenvalue weighted by Crippen LogP contribution is -1.91. The van der Waals surface area contributed by atoms with E-state index in [1.54, 1.807) is 18.4 Å². The summed E-state index contributed by atoms with van der Waals surface area (Å²) in [7, 11) is 1.67. The largest absolute Gasteiger partial charge is 0.496 e. The second-order valence-electron chi connectivity index (χ2n) is 3.27. The zero-order chi connectivity index (χ0) is 11.5. The molecule has 0 bridgehead atoms. The van der Waals surface area contributed by atoms with Crippen molar-refractivity contribution >= 4 is 43.2 Å². The third kappa shape index (κ3) is 2.50. The summed E-state index contributed by atoms with van der Waals surface area (Å²) >= 11 is 8.95. The van der Waals surface area contributed by atoms with Gasteiger partial charge in [0.2, 0.25) is 0 Å². The van der Waals surface area contributed by atoms with Crippen molar-refractivity contribution in [2.24, 2.45) is 0 Å². The van der Waals surface area contributed by atoms with Gasteiger partial charge in [-0.1, -0.05) is 28.1 Å². The maximum atomic E-state index is 5.21. The molecule has 1 atom stereocenters. The first-order chi connectivity index (χ1) is 7.72. The van der Waals surface area contributed by atoms with Crippen molar-refractivity contribution in [1.82, 2.24) is 0 Å². The van der Waals surface area contributed by atoms with Gasteiger partial charge in [0, 0.05) is 4.88 Å². The van der Waals surface area contributed by atoms with Gasteiger partial charge in [-0.05, 0) is 45.1 Å². The molecule has 0 spiro atoms. The highest BCUT2D eigenvalue weighted by Gasteiger charge is 2.12. The van der Waals surface area contributed by atoms with Crippen LogP contribution in [0.4, 0.5) is 0 Å². The van der Waals surface area contributed by atoms with Crippen molar-refractivity contribution in [2.75, 3.05) is 7.11 Å². The molecule has 16 heavy (non-hydrogen) atoms. The summed E-state index contributed by atoms with van der Waals surface area (Å²) in [5.74, 6) is 0.856. The second kappa shape index (κ2) is 5.34. The first-order valence-corrected chi connectivity index (χ1v) is 7.32. The number of benzene rings is 1. The van der Waals surface area contributed by atoms with E-state index in [1.165, 1.54) is 10.4 Å². The fraction of sp³-hybridized carbons (Fsp3) is 0.167. The number of ether oxygens (including phenoxy) is 1. The normalized spacial score (nSPS) is 12.4. The number of thiophene rings is 1. The molecule has 1 nitrogen and oxygen atoms in total. The lowest BCUT2D eigenvalue weighted by atomic mass is 10.1. The molecule has 84 valence electrons. The average molecular weight is 362 g/mol. The molecule has 2 aromatic rings. The Kier molecular flexibility index (Phi) is 4.05. The predicted octanol–water partition coefficient (Wildman–Crippen LogP) is 5.00. The number of hydrogen-bond acceptors (Lipinski definition) is 2. The summed E-state index contributed by atoms with van der Waals surface area (Å²) in [6, 6.07) is 10.3. The zero-order valence-corrected chi connectivity index (χ0v) is 12.6. The van der Waals surface area contributed by atoms with Crippen molar-refractivity contribution in [1.29, 1.82) is 0 Å². The van der Waals surface area contributed by atoms with Crippen LogP contribution < -0.4 is 4.74 Å². The minimum atomic E-state index is 0.245. The third-order valence-corrected chi connectivity index (χ3v) is 5.14. The molecule has 0 saturated carbocycles. The molecule has 1 aromatic heterocycles. The summed E-state index contributed by atoms with van der Waals surface area (Å²) < 4.78 is 6.19. The molecule has 0 aliphatic carbocycles. The Morgan fingerprint density at radius 1 is 1.31 bits per heavy atom. The van der Waals surface area contributed by atoms with E-state index in [1.807, 2.05) is 6.07 Å². The van der Waals surface area contributed by atoms with E-state index in [0.29, 0.717) is 0 Å². The molecule has 0 fully saturated rings. The lowest BCUT2D eigenvalue weighted by molar-refractivity contribution is 0.412. The van der Waals surface area contributed by atoms with Gasteiger partial charge in [0.1, 0.15) is 5.75 Å². The average Bonchev–Trinajstić information content (AvgIpc) is 2.81. The highest BCUT2D eigenvalue weighted by molar-refractivity contribution is 9.10. The smallest absolute Gasteiger partial charge is 0.133 e. The van der Waals surface area contributed by atoms with Crippen LogP contribution in [0.3, 0.4) is 0 Å². The van der Waals surface area contributed by atoms with Crippen LogP contribution >= 0.6 is 43.2 Å².